The number of hydrogen-bond acceptors (Lipinski definition) is 4. The van der Waals surface area contributed by atoms with Crippen molar-refractivity contribution in [2.75, 3.05) is 12.4 Å². The first-order valence-corrected chi connectivity index (χ1v) is 6.51. The van der Waals surface area contributed by atoms with Crippen molar-refractivity contribution >= 4 is 27.6 Å². The molecule has 0 aliphatic carbocycles. The summed E-state index contributed by atoms with van der Waals surface area (Å²) in [5.74, 6) is -0.368. The van der Waals surface area contributed by atoms with Gasteiger partial charge in [-0.1, -0.05) is 0 Å². The molecule has 0 atom stereocenters. The molecule has 2 aromatic heterocycles. The van der Waals surface area contributed by atoms with Crippen molar-refractivity contribution in [1.82, 2.24) is 9.97 Å². The van der Waals surface area contributed by atoms with Gasteiger partial charge in [0.2, 0.25) is 0 Å². The van der Waals surface area contributed by atoms with Gasteiger partial charge in [-0.2, -0.15) is 0 Å². The van der Waals surface area contributed by atoms with E-state index in [2.05, 4.69) is 36.0 Å². The van der Waals surface area contributed by atoms with Crippen molar-refractivity contribution in [3.05, 3.63) is 46.0 Å². The first-order valence-electron chi connectivity index (χ1n) is 5.72. The van der Waals surface area contributed by atoms with Crippen LogP contribution < -0.4 is 5.32 Å². The average molecular weight is 324 g/mol. The predicted molar refractivity (Wildman–Crippen MR) is 76.1 cm³/mol. The van der Waals surface area contributed by atoms with Gasteiger partial charge >= 0.3 is 5.97 Å². The monoisotopic (exact) mass is 323 g/mol. The van der Waals surface area contributed by atoms with E-state index in [4.69, 9.17) is 0 Å². The molecule has 2 N–H and O–H groups in total. The number of H-pyrrole nitrogens is 1. The highest BCUT2D eigenvalue weighted by Gasteiger charge is 2.07. The molecule has 2 heterocycles. The maximum atomic E-state index is 11.3. The number of halogens is 1. The second-order valence-electron chi connectivity index (χ2n) is 4.07. The van der Waals surface area contributed by atoms with Crippen LogP contribution in [-0.2, 0) is 11.3 Å². The number of carbonyl (C=O) groups excluding carboxylic acids is 1. The number of ether oxygens (including phenoxy) is 1. The van der Waals surface area contributed by atoms with Crippen LogP contribution in [0, 0.1) is 6.92 Å². The van der Waals surface area contributed by atoms with Crippen molar-refractivity contribution in [1.29, 1.82) is 0 Å². The van der Waals surface area contributed by atoms with Gasteiger partial charge in [0.15, 0.2) is 0 Å². The topological polar surface area (TPSA) is 67.0 Å². The lowest BCUT2D eigenvalue weighted by Crippen LogP contribution is -2.04. The summed E-state index contributed by atoms with van der Waals surface area (Å²) in [5, 5.41) is 3.23. The van der Waals surface area contributed by atoms with Crippen LogP contribution in [-0.4, -0.2) is 23.0 Å². The first-order chi connectivity index (χ1) is 9.10. The highest BCUT2D eigenvalue weighted by atomic mass is 79.9. The van der Waals surface area contributed by atoms with Crippen LogP contribution in [0.1, 0.15) is 21.7 Å². The molecule has 2 aromatic rings. The number of pyridine rings is 1. The number of aryl methyl sites for hydroxylation is 1. The number of aromatic nitrogens is 2. The lowest BCUT2D eigenvalue weighted by molar-refractivity contribution is 0.0594. The van der Waals surface area contributed by atoms with E-state index >= 15 is 0 Å². The molecule has 0 spiro atoms. The smallest absolute Gasteiger partial charge is 0.354 e. The van der Waals surface area contributed by atoms with Crippen LogP contribution in [0.5, 0.6) is 0 Å². The summed E-state index contributed by atoms with van der Waals surface area (Å²) < 4.78 is 5.47. The summed E-state index contributed by atoms with van der Waals surface area (Å²) in [6, 6.07) is 5.55. The van der Waals surface area contributed by atoms with Crippen molar-refractivity contribution < 1.29 is 9.53 Å². The van der Waals surface area contributed by atoms with Gasteiger partial charge in [-0.25, -0.2) is 9.78 Å². The molecule has 0 aromatic carbocycles. The summed E-state index contributed by atoms with van der Waals surface area (Å²) in [7, 11) is 1.36. The van der Waals surface area contributed by atoms with Crippen LogP contribution in [0.3, 0.4) is 0 Å². The SMILES string of the molecule is COC(=O)c1ccc(CNc2cnc(Br)c(C)c2)[nH]1. The van der Waals surface area contributed by atoms with E-state index < -0.39 is 0 Å². The minimum Gasteiger partial charge on any atom is -0.464 e. The van der Waals surface area contributed by atoms with Crippen molar-refractivity contribution in [3.63, 3.8) is 0 Å². The summed E-state index contributed by atoms with van der Waals surface area (Å²) in [4.78, 5) is 18.5. The largest absolute Gasteiger partial charge is 0.464 e. The number of aromatic amines is 1. The predicted octanol–water partition coefficient (Wildman–Crippen LogP) is 2.88. The number of carbonyl (C=O) groups is 1. The number of methoxy groups -OCH3 is 1. The normalized spacial score (nSPS) is 10.3. The van der Waals surface area contributed by atoms with E-state index in [1.807, 2.05) is 19.1 Å². The minimum atomic E-state index is -0.368. The van der Waals surface area contributed by atoms with Crippen LogP contribution in [0.4, 0.5) is 5.69 Å². The van der Waals surface area contributed by atoms with E-state index in [1.165, 1.54) is 7.11 Å². The number of hydrogen-bond donors (Lipinski definition) is 2. The Bertz CT molecular complexity index is 595. The molecule has 0 unspecified atom stereocenters. The summed E-state index contributed by atoms with van der Waals surface area (Å²) in [6.45, 7) is 2.56. The zero-order valence-corrected chi connectivity index (χ0v) is 12.2. The van der Waals surface area contributed by atoms with E-state index in [0.29, 0.717) is 12.2 Å². The molecular weight excluding hydrogens is 310 g/mol. The zero-order chi connectivity index (χ0) is 13.8. The van der Waals surface area contributed by atoms with E-state index in [0.717, 1.165) is 21.5 Å². The molecule has 0 saturated heterocycles. The Balaban J connectivity index is 2.00. The Morgan fingerprint density at radius 1 is 1.53 bits per heavy atom. The highest BCUT2D eigenvalue weighted by Crippen LogP contribution is 2.17. The fourth-order valence-corrected chi connectivity index (χ4v) is 1.84. The van der Waals surface area contributed by atoms with Gasteiger partial charge in [0.05, 0.1) is 25.5 Å². The second-order valence-corrected chi connectivity index (χ2v) is 4.83. The van der Waals surface area contributed by atoms with Crippen LogP contribution in [0.25, 0.3) is 0 Å². The Morgan fingerprint density at radius 2 is 2.32 bits per heavy atom. The molecule has 0 aliphatic rings. The Hall–Kier alpha value is -1.82. The quantitative estimate of drug-likeness (QED) is 0.670. The third-order valence-electron chi connectivity index (χ3n) is 2.65. The molecule has 0 bridgehead atoms. The number of anilines is 1. The van der Waals surface area contributed by atoms with E-state index in [1.54, 1.807) is 12.3 Å². The van der Waals surface area contributed by atoms with Crippen molar-refractivity contribution in [2.24, 2.45) is 0 Å². The van der Waals surface area contributed by atoms with Crippen molar-refractivity contribution in [2.45, 2.75) is 13.5 Å². The third kappa shape index (κ3) is 3.35. The molecule has 0 saturated carbocycles. The second kappa shape index (κ2) is 5.88. The number of nitrogens with one attached hydrogen (secondary N) is 2. The number of rotatable bonds is 4. The minimum absolute atomic E-state index is 0.368. The fraction of sp³-hybridized carbons (Fsp3) is 0.231. The molecular formula is C13H14BrN3O2. The van der Waals surface area contributed by atoms with Gasteiger partial charge in [0.1, 0.15) is 10.3 Å². The molecule has 2 rings (SSSR count). The standard InChI is InChI=1S/C13H14BrN3O2/c1-8-5-10(7-16-12(8)14)15-6-9-3-4-11(17-9)13(18)19-2/h3-5,7,15,17H,6H2,1-2H3. The summed E-state index contributed by atoms with van der Waals surface area (Å²) in [5.41, 5.74) is 3.34. The Labute approximate surface area is 119 Å². The molecule has 19 heavy (non-hydrogen) atoms. The highest BCUT2D eigenvalue weighted by molar-refractivity contribution is 9.10. The van der Waals surface area contributed by atoms with Crippen LogP contribution >= 0.6 is 15.9 Å². The third-order valence-corrected chi connectivity index (χ3v) is 3.48. The molecule has 0 fully saturated rings. The van der Waals surface area contributed by atoms with Crippen molar-refractivity contribution in [3.8, 4) is 0 Å². The molecule has 0 aliphatic heterocycles. The van der Waals surface area contributed by atoms with Gasteiger partial charge in [-0.15, -0.1) is 0 Å². The van der Waals surface area contributed by atoms with Gasteiger partial charge < -0.3 is 15.0 Å². The fourth-order valence-electron chi connectivity index (χ4n) is 1.62. The maximum Gasteiger partial charge on any atom is 0.354 e. The molecule has 0 radical (unpaired) electrons. The molecule has 0 amide bonds. The number of esters is 1. The Kier molecular flexibility index (Phi) is 4.21. The van der Waals surface area contributed by atoms with Gasteiger partial charge in [0.25, 0.3) is 0 Å². The van der Waals surface area contributed by atoms with Gasteiger partial charge in [-0.05, 0) is 46.6 Å². The lowest BCUT2D eigenvalue weighted by atomic mass is 10.3. The van der Waals surface area contributed by atoms with Gasteiger partial charge in [0, 0.05) is 5.69 Å². The summed E-state index contributed by atoms with van der Waals surface area (Å²) >= 11 is 3.36. The summed E-state index contributed by atoms with van der Waals surface area (Å²) in [6.07, 6.45) is 1.75. The van der Waals surface area contributed by atoms with Gasteiger partial charge in [-0.3, -0.25) is 0 Å². The first kappa shape index (κ1) is 13.6. The number of nitrogens with zero attached hydrogens (tertiary/aromatic N) is 1. The molecule has 5 nitrogen and oxygen atoms in total. The zero-order valence-electron chi connectivity index (χ0n) is 10.7. The van der Waals surface area contributed by atoms with Crippen LogP contribution in [0.15, 0.2) is 29.0 Å². The maximum absolute atomic E-state index is 11.3. The molecule has 100 valence electrons. The molecule has 6 heteroatoms. The Morgan fingerprint density at radius 3 is 3.00 bits per heavy atom. The lowest BCUT2D eigenvalue weighted by Gasteiger charge is -2.06. The average Bonchev–Trinajstić information content (AvgIpc) is 2.88. The van der Waals surface area contributed by atoms with E-state index in [-0.39, 0.29) is 5.97 Å². The van der Waals surface area contributed by atoms with E-state index in [9.17, 15) is 4.79 Å². The van der Waals surface area contributed by atoms with Crippen LogP contribution in [0.2, 0.25) is 0 Å².